The summed E-state index contributed by atoms with van der Waals surface area (Å²) in [5.41, 5.74) is 1.26. The zero-order chi connectivity index (χ0) is 17.5. The molecule has 0 amide bonds. The molecule has 5 nitrogen and oxygen atoms in total. The minimum Gasteiger partial charge on any atom is -0.497 e. The van der Waals surface area contributed by atoms with Crippen LogP contribution in [-0.4, -0.2) is 68.5 Å². The van der Waals surface area contributed by atoms with Gasteiger partial charge in [0.1, 0.15) is 5.75 Å². The molecule has 0 saturated carbocycles. The standard InChI is InChI=1S/C20H33N3O2/c1-25-20-7-4-6-18(15-20)23-12-8-17(9-13-23)21-10-14-22-11-3-2-5-19(22)16-24/h4,6-7,15,17,19,21,24H,2-3,5,8-14,16H2,1H3. The molecule has 1 atom stereocenters. The zero-order valence-corrected chi connectivity index (χ0v) is 15.5. The number of aliphatic hydroxyl groups excluding tert-OH is 1. The third-order valence-electron chi connectivity index (χ3n) is 5.71. The molecule has 2 heterocycles. The van der Waals surface area contributed by atoms with Gasteiger partial charge in [-0.2, -0.15) is 0 Å². The second kappa shape index (κ2) is 9.41. The highest BCUT2D eigenvalue weighted by Gasteiger charge is 2.22. The van der Waals surface area contributed by atoms with Gasteiger partial charge in [0.15, 0.2) is 0 Å². The monoisotopic (exact) mass is 347 g/mol. The summed E-state index contributed by atoms with van der Waals surface area (Å²) < 4.78 is 5.33. The topological polar surface area (TPSA) is 48.0 Å². The average Bonchev–Trinajstić information content (AvgIpc) is 2.69. The maximum atomic E-state index is 9.51. The van der Waals surface area contributed by atoms with Gasteiger partial charge in [0.25, 0.3) is 0 Å². The molecule has 2 aliphatic rings. The Hall–Kier alpha value is -1.30. The number of anilines is 1. The molecular weight excluding hydrogens is 314 g/mol. The normalized spacial score (nSPS) is 23.0. The number of ether oxygens (including phenoxy) is 1. The number of hydrogen-bond acceptors (Lipinski definition) is 5. The lowest BCUT2D eigenvalue weighted by molar-refractivity contribution is 0.0901. The van der Waals surface area contributed by atoms with Crippen molar-refractivity contribution >= 4 is 5.69 Å². The van der Waals surface area contributed by atoms with Crippen LogP contribution in [0.4, 0.5) is 5.69 Å². The van der Waals surface area contributed by atoms with Crippen LogP contribution in [0, 0.1) is 0 Å². The molecular formula is C20H33N3O2. The number of methoxy groups -OCH3 is 1. The van der Waals surface area contributed by atoms with Crippen LogP contribution in [0.3, 0.4) is 0 Å². The Kier molecular flexibility index (Phi) is 6.96. The zero-order valence-electron chi connectivity index (χ0n) is 15.5. The van der Waals surface area contributed by atoms with E-state index in [1.54, 1.807) is 7.11 Å². The van der Waals surface area contributed by atoms with Crippen molar-refractivity contribution in [2.24, 2.45) is 0 Å². The van der Waals surface area contributed by atoms with Gasteiger partial charge in [0.2, 0.25) is 0 Å². The molecule has 140 valence electrons. The summed E-state index contributed by atoms with van der Waals surface area (Å²) in [6, 6.07) is 9.35. The Morgan fingerprint density at radius 2 is 2.00 bits per heavy atom. The van der Waals surface area contributed by atoms with Crippen LogP contribution in [0.5, 0.6) is 5.75 Å². The molecule has 3 rings (SSSR count). The SMILES string of the molecule is COc1cccc(N2CCC(NCCN3CCCCC3CO)CC2)c1. The first-order valence-corrected chi connectivity index (χ1v) is 9.77. The Balaban J connectivity index is 1.39. The van der Waals surface area contributed by atoms with Crippen molar-refractivity contribution in [3.8, 4) is 5.75 Å². The first-order valence-electron chi connectivity index (χ1n) is 9.77. The number of rotatable bonds is 7. The van der Waals surface area contributed by atoms with Crippen LogP contribution in [0.25, 0.3) is 0 Å². The summed E-state index contributed by atoms with van der Waals surface area (Å²) in [4.78, 5) is 4.91. The van der Waals surface area contributed by atoms with E-state index < -0.39 is 0 Å². The van der Waals surface area contributed by atoms with Gasteiger partial charge < -0.3 is 20.1 Å². The average molecular weight is 348 g/mol. The van der Waals surface area contributed by atoms with Crippen molar-refractivity contribution in [2.45, 2.75) is 44.2 Å². The Morgan fingerprint density at radius 1 is 1.16 bits per heavy atom. The van der Waals surface area contributed by atoms with E-state index in [2.05, 4.69) is 33.3 Å². The Labute approximate surface area is 152 Å². The number of piperidine rings is 2. The van der Waals surface area contributed by atoms with Crippen LogP contribution in [0.1, 0.15) is 32.1 Å². The molecule has 0 bridgehead atoms. The van der Waals surface area contributed by atoms with E-state index in [0.29, 0.717) is 18.7 Å². The van der Waals surface area contributed by atoms with E-state index in [9.17, 15) is 5.11 Å². The highest BCUT2D eigenvalue weighted by molar-refractivity contribution is 5.51. The van der Waals surface area contributed by atoms with E-state index in [-0.39, 0.29) is 0 Å². The van der Waals surface area contributed by atoms with Crippen LogP contribution in [-0.2, 0) is 0 Å². The van der Waals surface area contributed by atoms with Gasteiger partial charge in [-0.05, 0) is 44.4 Å². The lowest BCUT2D eigenvalue weighted by atomic mass is 10.0. The molecule has 2 N–H and O–H groups in total. The first-order chi connectivity index (χ1) is 12.3. The van der Waals surface area contributed by atoms with Crippen molar-refractivity contribution in [1.29, 1.82) is 0 Å². The van der Waals surface area contributed by atoms with E-state index in [4.69, 9.17) is 4.74 Å². The number of hydrogen-bond donors (Lipinski definition) is 2. The smallest absolute Gasteiger partial charge is 0.120 e. The molecule has 0 aromatic heterocycles. The van der Waals surface area contributed by atoms with Gasteiger partial charge in [-0.1, -0.05) is 12.5 Å². The quantitative estimate of drug-likeness (QED) is 0.791. The first kappa shape index (κ1) is 18.5. The Bertz CT molecular complexity index is 517. The van der Waals surface area contributed by atoms with Crippen LogP contribution in [0.15, 0.2) is 24.3 Å². The summed E-state index contributed by atoms with van der Waals surface area (Å²) in [5, 5.41) is 13.2. The molecule has 0 radical (unpaired) electrons. The molecule has 5 heteroatoms. The van der Waals surface area contributed by atoms with E-state index in [1.807, 2.05) is 6.07 Å². The number of benzene rings is 1. The fraction of sp³-hybridized carbons (Fsp3) is 0.700. The summed E-state index contributed by atoms with van der Waals surface area (Å²) in [6.07, 6.45) is 6.05. The minimum absolute atomic E-state index is 0.304. The summed E-state index contributed by atoms with van der Waals surface area (Å²) >= 11 is 0. The maximum absolute atomic E-state index is 9.51. The number of nitrogens with one attached hydrogen (secondary N) is 1. The molecule has 25 heavy (non-hydrogen) atoms. The molecule has 2 fully saturated rings. The summed E-state index contributed by atoms with van der Waals surface area (Å²) in [5.74, 6) is 0.928. The Morgan fingerprint density at radius 3 is 2.76 bits per heavy atom. The molecule has 2 aliphatic heterocycles. The highest BCUT2D eigenvalue weighted by atomic mass is 16.5. The number of likely N-dealkylation sites (tertiary alicyclic amines) is 1. The predicted molar refractivity (Wildman–Crippen MR) is 103 cm³/mol. The van der Waals surface area contributed by atoms with Gasteiger partial charge in [-0.25, -0.2) is 0 Å². The van der Waals surface area contributed by atoms with Crippen molar-refractivity contribution in [2.75, 3.05) is 51.3 Å². The lowest BCUT2D eigenvalue weighted by Gasteiger charge is -2.36. The summed E-state index contributed by atoms with van der Waals surface area (Å²) in [6.45, 7) is 5.71. The highest BCUT2D eigenvalue weighted by Crippen LogP contribution is 2.24. The number of nitrogens with zero attached hydrogens (tertiary/aromatic N) is 2. The molecule has 1 aromatic rings. The van der Waals surface area contributed by atoms with Crippen LogP contribution in [0.2, 0.25) is 0 Å². The van der Waals surface area contributed by atoms with E-state index >= 15 is 0 Å². The molecule has 1 unspecified atom stereocenters. The van der Waals surface area contributed by atoms with Gasteiger partial charge in [0, 0.05) is 50.0 Å². The van der Waals surface area contributed by atoms with Gasteiger partial charge in [-0.3, -0.25) is 4.90 Å². The largest absolute Gasteiger partial charge is 0.497 e. The lowest BCUT2D eigenvalue weighted by Crippen LogP contribution is -2.48. The second-order valence-electron chi connectivity index (χ2n) is 7.29. The van der Waals surface area contributed by atoms with Crippen molar-refractivity contribution in [3.63, 3.8) is 0 Å². The molecule has 0 spiro atoms. The fourth-order valence-corrected chi connectivity index (χ4v) is 4.12. The fourth-order valence-electron chi connectivity index (χ4n) is 4.12. The van der Waals surface area contributed by atoms with Crippen molar-refractivity contribution in [1.82, 2.24) is 10.2 Å². The van der Waals surface area contributed by atoms with E-state index in [0.717, 1.165) is 44.9 Å². The van der Waals surface area contributed by atoms with Crippen molar-refractivity contribution < 1.29 is 9.84 Å². The maximum Gasteiger partial charge on any atom is 0.120 e. The predicted octanol–water partition coefficient (Wildman–Crippen LogP) is 2.10. The summed E-state index contributed by atoms with van der Waals surface area (Å²) in [7, 11) is 1.72. The third-order valence-corrected chi connectivity index (χ3v) is 5.71. The van der Waals surface area contributed by atoms with Gasteiger partial charge >= 0.3 is 0 Å². The minimum atomic E-state index is 0.304. The molecule has 2 saturated heterocycles. The van der Waals surface area contributed by atoms with Crippen LogP contribution < -0.4 is 15.0 Å². The van der Waals surface area contributed by atoms with Crippen molar-refractivity contribution in [3.05, 3.63) is 24.3 Å². The molecule has 1 aromatic carbocycles. The van der Waals surface area contributed by atoms with Crippen LogP contribution >= 0.6 is 0 Å². The molecule has 0 aliphatic carbocycles. The third kappa shape index (κ3) is 5.09. The van der Waals surface area contributed by atoms with Gasteiger partial charge in [-0.15, -0.1) is 0 Å². The second-order valence-corrected chi connectivity index (χ2v) is 7.29. The van der Waals surface area contributed by atoms with E-state index in [1.165, 1.54) is 31.4 Å². The van der Waals surface area contributed by atoms with Gasteiger partial charge in [0.05, 0.1) is 13.7 Å². The number of aliphatic hydroxyl groups is 1.